The van der Waals surface area contributed by atoms with Crippen LogP contribution < -0.4 is 5.32 Å². The topological polar surface area (TPSA) is 63.1 Å². The van der Waals surface area contributed by atoms with Crippen molar-refractivity contribution in [3.05, 3.63) is 42.5 Å². The summed E-state index contributed by atoms with van der Waals surface area (Å²) in [5.41, 5.74) is 1.24. The van der Waals surface area contributed by atoms with Crippen molar-refractivity contribution >= 4 is 17.8 Å². The number of rotatable bonds is 2. The lowest BCUT2D eigenvalue weighted by Gasteiger charge is -2.34. The Labute approximate surface area is 145 Å². The minimum Gasteiger partial charge on any atom is -0.331 e. The van der Waals surface area contributed by atoms with E-state index in [1.54, 1.807) is 12.7 Å². The monoisotopic (exact) mass is 343 g/mol. The molecule has 24 heavy (non-hydrogen) atoms. The average Bonchev–Trinajstić information content (AvgIpc) is 3.17. The molecule has 1 fully saturated rings. The van der Waals surface area contributed by atoms with E-state index in [0.29, 0.717) is 6.54 Å². The molecule has 1 N–H and O–H groups in total. The third-order valence-corrected chi connectivity index (χ3v) is 5.87. The summed E-state index contributed by atoms with van der Waals surface area (Å²) >= 11 is 1.87. The Kier molecular flexibility index (Phi) is 4.42. The van der Waals surface area contributed by atoms with Gasteiger partial charge < -0.3 is 10.2 Å². The summed E-state index contributed by atoms with van der Waals surface area (Å²) in [6.07, 6.45) is 6.30. The molecule has 0 bridgehead atoms. The molecule has 2 aliphatic heterocycles. The SMILES string of the molecule is O=C(N[C@@H]1CCSc2ccccc21)N1CCC[C@H](n2cncn2)C1. The van der Waals surface area contributed by atoms with Crippen LogP contribution in [0.25, 0.3) is 0 Å². The van der Waals surface area contributed by atoms with Crippen molar-refractivity contribution in [1.82, 2.24) is 25.0 Å². The molecular formula is C17H21N5OS. The predicted molar refractivity (Wildman–Crippen MR) is 92.9 cm³/mol. The van der Waals surface area contributed by atoms with Gasteiger partial charge in [-0.25, -0.2) is 14.5 Å². The van der Waals surface area contributed by atoms with Crippen LogP contribution in [-0.2, 0) is 0 Å². The van der Waals surface area contributed by atoms with Crippen LogP contribution in [0.1, 0.15) is 36.9 Å². The molecule has 0 spiro atoms. The number of benzene rings is 1. The van der Waals surface area contributed by atoms with E-state index in [4.69, 9.17) is 0 Å². The van der Waals surface area contributed by atoms with Gasteiger partial charge in [-0.2, -0.15) is 5.10 Å². The van der Waals surface area contributed by atoms with Gasteiger partial charge in [-0.3, -0.25) is 0 Å². The van der Waals surface area contributed by atoms with Crippen molar-refractivity contribution in [2.75, 3.05) is 18.8 Å². The largest absolute Gasteiger partial charge is 0.331 e. The lowest BCUT2D eigenvalue weighted by atomic mass is 10.0. The Hall–Kier alpha value is -2.02. The molecule has 3 heterocycles. The number of amides is 2. The molecule has 0 aliphatic carbocycles. The quantitative estimate of drug-likeness (QED) is 0.911. The van der Waals surface area contributed by atoms with E-state index < -0.39 is 0 Å². The lowest BCUT2D eigenvalue weighted by Crippen LogP contribution is -2.47. The highest BCUT2D eigenvalue weighted by molar-refractivity contribution is 7.99. The number of nitrogens with one attached hydrogen (secondary N) is 1. The Morgan fingerprint density at radius 2 is 2.21 bits per heavy atom. The zero-order valence-electron chi connectivity index (χ0n) is 13.5. The van der Waals surface area contributed by atoms with E-state index >= 15 is 0 Å². The van der Waals surface area contributed by atoms with E-state index in [1.807, 2.05) is 27.4 Å². The van der Waals surface area contributed by atoms with Crippen LogP contribution in [0, 0.1) is 0 Å². The first-order valence-electron chi connectivity index (χ1n) is 8.42. The van der Waals surface area contributed by atoms with Crippen LogP contribution in [0.4, 0.5) is 4.79 Å². The maximum Gasteiger partial charge on any atom is 0.317 e. The number of likely N-dealkylation sites (tertiary alicyclic amines) is 1. The van der Waals surface area contributed by atoms with Gasteiger partial charge in [0.25, 0.3) is 0 Å². The number of nitrogens with zero attached hydrogens (tertiary/aromatic N) is 4. The zero-order chi connectivity index (χ0) is 16.4. The summed E-state index contributed by atoms with van der Waals surface area (Å²) < 4.78 is 1.87. The van der Waals surface area contributed by atoms with Gasteiger partial charge in [0.2, 0.25) is 0 Å². The van der Waals surface area contributed by atoms with Gasteiger partial charge in [0.05, 0.1) is 12.1 Å². The third-order valence-electron chi connectivity index (χ3n) is 4.75. The minimum atomic E-state index is 0.0338. The van der Waals surface area contributed by atoms with Crippen molar-refractivity contribution in [3.8, 4) is 0 Å². The zero-order valence-corrected chi connectivity index (χ0v) is 14.3. The number of thioether (sulfide) groups is 1. The van der Waals surface area contributed by atoms with E-state index in [2.05, 4.69) is 33.6 Å². The number of piperidine rings is 1. The highest BCUT2D eigenvalue weighted by atomic mass is 32.2. The van der Waals surface area contributed by atoms with E-state index in [1.165, 1.54) is 10.5 Å². The van der Waals surface area contributed by atoms with Crippen molar-refractivity contribution in [2.24, 2.45) is 0 Å². The average molecular weight is 343 g/mol. The van der Waals surface area contributed by atoms with E-state index in [-0.39, 0.29) is 18.1 Å². The minimum absolute atomic E-state index is 0.0338. The fourth-order valence-electron chi connectivity index (χ4n) is 3.49. The summed E-state index contributed by atoms with van der Waals surface area (Å²) in [5.74, 6) is 1.05. The molecule has 6 nitrogen and oxygen atoms in total. The molecule has 2 amide bonds. The van der Waals surface area contributed by atoms with Crippen LogP contribution in [0.5, 0.6) is 0 Å². The maximum atomic E-state index is 12.8. The van der Waals surface area contributed by atoms with Gasteiger partial charge >= 0.3 is 6.03 Å². The normalized spacial score (nSPS) is 23.6. The Morgan fingerprint density at radius 1 is 1.29 bits per heavy atom. The number of hydrogen-bond acceptors (Lipinski definition) is 4. The number of carbonyl (C=O) groups is 1. The molecule has 0 unspecified atom stereocenters. The van der Waals surface area contributed by atoms with Crippen molar-refractivity contribution in [1.29, 1.82) is 0 Å². The molecule has 2 atom stereocenters. The second kappa shape index (κ2) is 6.84. The lowest BCUT2D eigenvalue weighted by molar-refractivity contribution is 0.159. The van der Waals surface area contributed by atoms with E-state index in [9.17, 15) is 4.79 Å². The number of carbonyl (C=O) groups excluding carboxylic acids is 1. The summed E-state index contributed by atoms with van der Waals surface area (Å²) in [4.78, 5) is 20.0. The first-order valence-corrected chi connectivity index (χ1v) is 9.41. The molecule has 126 valence electrons. The second-order valence-corrected chi connectivity index (χ2v) is 7.43. The highest BCUT2D eigenvalue weighted by Gasteiger charge is 2.28. The third kappa shape index (κ3) is 3.13. The van der Waals surface area contributed by atoms with Gasteiger partial charge in [0, 0.05) is 23.7 Å². The van der Waals surface area contributed by atoms with Gasteiger partial charge in [-0.05, 0) is 30.9 Å². The molecule has 0 saturated carbocycles. The molecule has 0 radical (unpaired) electrons. The molecule has 4 rings (SSSR count). The van der Waals surface area contributed by atoms with Gasteiger partial charge in [0.1, 0.15) is 12.7 Å². The van der Waals surface area contributed by atoms with Crippen molar-refractivity contribution in [2.45, 2.75) is 36.2 Å². The molecule has 1 aromatic heterocycles. The van der Waals surface area contributed by atoms with Crippen molar-refractivity contribution < 1.29 is 4.79 Å². The molecule has 2 aromatic rings. The van der Waals surface area contributed by atoms with E-state index in [0.717, 1.165) is 31.6 Å². The van der Waals surface area contributed by atoms with Crippen LogP contribution in [-0.4, -0.2) is 44.5 Å². The van der Waals surface area contributed by atoms with Crippen molar-refractivity contribution in [3.63, 3.8) is 0 Å². The molecular weight excluding hydrogens is 322 g/mol. The van der Waals surface area contributed by atoms with Crippen LogP contribution in [0.3, 0.4) is 0 Å². The Bertz CT molecular complexity index is 705. The molecule has 7 heteroatoms. The van der Waals surface area contributed by atoms with Gasteiger partial charge in [0.15, 0.2) is 0 Å². The summed E-state index contributed by atoms with van der Waals surface area (Å²) in [5, 5.41) is 7.46. The number of urea groups is 1. The Morgan fingerprint density at radius 3 is 3.08 bits per heavy atom. The van der Waals surface area contributed by atoms with Gasteiger partial charge in [-0.1, -0.05) is 18.2 Å². The first kappa shape index (κ1) is 15.5. The number of hydrogen-bond donors (Lipinski definition) is 1. The van der Waals surface area contributed by atoms with Crippen LogP contribution in [0.15, 0.2) is 41.8 Å². The molecule has 2 aliphatic rings. The maximum absolute atomic E-state index is 12.8. The summed E-state index contributed by atoms with van der Waals surface area (Å²) in [6.45, 7) is 1.50. The number of fused-ring (bicyclic) bond motifs is 1. The van der Waals surface area contributed by atoms with Crippen LogP contribution in [0.2, 0.25) is 0 Å². The number of aromatic nitrogens is 3. The van der Waals surface area contributed by atoms with Crippen LogP contribution >= 0.6 is 11.8 Å². The first-order chi connectivity index (χ1) is 11.8. The smallest absolute Gasteiger partial charge is 0.317 e. The molecule has 1 aromatic carbocycles. The standard InChI is InChI=1S/C17H21N5OS/c23-17(20-15-7-9-24-16-6-2-1-5-14(15)16)21-8-3-4-13(10-21)22-12-18-11-19-22/h1-2,5-6,11-13,15H,3-4,7-10H2,(H,20,23)/t13-,15+/m0/s1. The Balaban J connectivity index is 1.43. The second-order valence-electron chi connectivity index (χ2n) is 6.29. The fraction of sp³-hybridized carbons (Fsp3) is 0.471. The molecule has 1 saturated heterocycles. The fourth-order valence-corrected chi connectivity index (χ4v) is 4.62. The predicted octanol–water partition coefficient (Wildman–Crippen LogP) is 2.86. The van der Waals surface area contributed by atoms with Gasteiger partial charge in [-0.15, -0.1) is 11.8 Å². The highest BCUT2D eigenvalue weighted by Crippen LogP contribution is 2.36. The summed E-state index contributed by atoms with van der Waals surface area (Å²) in [7, 11) is 0. The summed E-state index contributed by atoms with van der Waals surface area (Å²) in [6, 6.07) is 8.74.